The SMILES string of the molecule is CCCCC(C)N[C@@H](C)[C@H](O)c1ccccc1. The van der Waals surface area contributed by atoms with E-state index in [-0.39, 0.29) is 6.04 Å². The van der Waals surface area contributed by atoms with Gasteiger partial charge in [0.1, 0.15) is 0 Å². The van der Waals surface area contributed by atoms with Gasteiger partial charge in [-0.3, -0.25) is 0 Å². The first kappa shape index (κ1) is 14.2. The van der Waals surface area contributed by atoms with Crippen LogP contribution in [0.1, 0.15) is 51.7 Å². The zero-order valence-corrected chi connectivity index (χ0v) is 11.2. The number of benzene rings is 1. The molecule has 0 saturated carbocycles. The Kier molecular flexibility index (Phi) is 6.23. The number of hydrogen-bond acceptors (Lipinski definition) is 2. The number of aliphatic hydroxyl groups is 1. The van der Waals surface area contributed by atoms with Crippen LogP contribution in [-0.4, -0.2) is 17.2 Å². The zero-order chi connectivity index (χ0) is 12.7. The van der Waals surface area contributed by atoms with E-state index in [1.54, 1.807) is 0 Å². The van der Waals surface area contributed by atoms with Crippen LogP contribution in [0.25, 0.3) is 0 Å². The first-order valence-corrected chi connectivity index (χ1v) is 6.64. The van der Waals surface area contributed by atoms with Crippen molar-refractivity contribution in [1.29, 1.82) is 0 Å². The van der Waals surface area contributed by atoms with Crippen molar-refractivity contribution in [3.63, 3.8) is 0 Å². The first-order valence-electron chi connectivity index (χ1n) is 6.64. The highest BCUT2D eigenvalue weighted by atomic mass is 16.3. The monoisotopic (exact) mass is 235 g/mol. The minimum Gasteiger partial charge on any atom is -0.387 e. The molecule has 1 aromatic rings. The fraction of sp³-hybridized carbons (Fsp3) is 0.600. The van der Waals surface area contributed by atoms with Gasteiger partial charge in [-0.2, -0.15) is 0 Å². The lowest BCUT2D eigenvalue weighted by Crippen LogP contribution is -2.38. The zero-order valence-electron chi connectivity index (χ0n) is 11.2. The van der Waals surface area contributed by atoms with Crippen molar-refractivity contribution in [3.8, 4) is 0 Å². The number of nitrogens with one attached hydrogen (secondary N) is 1. The molecule has 0 radical (unpaired) electrons. The second kappa shape index (κ2) is 7.46. The minimum atomic E-state index is -0.430. The molecule has 0 saturated heterocycles. The van der Waals surface area contributed by atoms with Gasteiger partial charge in [-0.15, -0.1) is 0 Å². The van der Waals surface area contributed by atoms with Crippen molar-refractivity contribution in [1.82, 2.24) is 5.32 Å². The van der Waals surface area contributed by atoms with Crippen molar-refractivity contribution in [2.24, 2.45) is 0 Å². The molecule has 0 amide bonds. The van der Waals surface area contributed by atoms with Gasteiger partial charge >= 0.3 is 0 Å². The van der Waals surface area contributed by atoms with E-state index in [0.29, 0.717) is 6.04 Å². The topological polar surface area (TPSA) is 32.3 Å². The van der Waals surface area contributed by atoms with Gasteiger partial charge in [0.15, 0.2) is 0 Å². The van der Waals surface area contributed by atoms with Crippen LogP contribution in [0.2, 0.25) is 0 Å². The number of rotatable bonds is 7. The highest BCUT2D eigenvalue weighted by molar-refractivity contribution is 5.18. The highest BCUT2D eigenvalue weighted by Crippen LogP contribution is 2.17. The lowest BCUT2D eigenvalue weighted by Gasteiger charge is -2.24. The summed E-state index contributed by atoms with van der Waals surface area (Å²) in [6, 6.07) is 10.4. The fourth-order valence-corrected chi connectivity index (χ4v) is 2.07. The van der Waals surface area contributed by atoms with Crippen LogP contribution in [-0.2, 0) is 0 Å². The van der Waals surface area contributed by atoms with Gasteiger partial charge < -0.3 is 10.4 Å². The molecule has 0 bridgehead atoms. The van der Waals surface area contributed by atoms with Crippen LogP contribution in [0.3, 0.4) is 0 Å². The lowest BCUT2D eigenvalue weighted by atomic mass is 10.0. The van der Waals surface area contributed by atoms with Crippen LogP contribution in [0.4, 0.5) is 0 Å². The third-order valence-electron chi connectivity index (χ3n) is 3.15. The van der Waals surface area contributed by atoms with Crippen molar-refractivity contribution in [3.05, 3.63) is 35.9 Å². The molecule has 0 aliphatic heterocycles. The van der Waals surface area contributed by atoms with Crippen LogP contribution in [0.5, 0.6) is 0 Å². The Balaban J connectivity index is 2.44. The molecule has 0 aliphatic carbocycles. The summed E-state index contributed by atoms with van der Waals surface area (Å²) in [6.45, 7) is 6.43. The molecule has 1 unspecified atom stereocenters. The summed E-state index contributed by atoms with van der Waals surface area (Å²) in [6.07, 6.45) is 3.20. The molecule has 17 heavy (non-hydrogen) atoms. The molecular weight excluding hydrogens is 210 g/mol. The number of unbranched alkanes of at least 4 members (excludes halogenated alkanes) is 1. The predicted molar refractivity (Wildman–Crippen MR) is 73.0 cm³/mol. The fourth-order valence-electron chi connectivity index (χ4n) is 2.07. The standard InChI is InChI=1S/C15H25NO/c1-4-5-9-12(2)16-13(3)15(17)14-10-7-6-8-11-14/h6-8,10-13,15-17H,4-5,9H2,1-3H3/t12?,13-,15-/m0/s1. The predicted octanol–water partition coefficient (Wildman–Crippen LogP) is 3.28. The molecular formula is C15H25NO. The average Bonchev–Trinajstić information content (AvgIpc) is 2.36. The third kappa shape index (κ3) is 4.88. The van der Waals surface area contributed by atoms with E-state index in [0.717, 1.165) is 5.56 Å². The second-order valence-electron chi connectivity index (χ2n) is 4.85. The number of aliphatic hydroxyl groups excluding tert-OH is 1. The van der Waals surface area contributed by atoms with E-state index in [2.05, 4.69) is 19.2 Å². The summed E-state index contributed by atoms with van der Waals surface area (Å²) in [5.74, 6) is 0. The Hall–Kier alpha value is -0.860. The molecule has 96 valence electrons. The molecule has 1 aromatic carbocycles. The molecule has 2 nitrogen and oxygen atoms in total. The molecule has 0 spiro atoms. The van der Waals surface area contributed by atoms with Crippen molar-refractivity contribution >= 4 is 0 Å². The second-order valence-corrected chi connectivity index (χ2v) is 4.85. The molecule has 2 N–H and O–H groups in total. The summed E-state index contributed by atoms with van der Waals surface area (Å²) in [5.41, 5.74) is 0.982. The van der Waals surface area contributed by atoms with Gasteiger partial charge in [0.25, 0.3) is 0 Å². The first-order chi connectivity index (χ1) is 8.15. The summed E-state index contributed by atoms with van der Waals surface area (Å²) in [7, 11) is 0. The molecule has 0 aliphatic rings. The summed E-state index contributed by atoms with van der Waals surface area (Å²) in [4.78, 5) is 0. The van der Waals surface area contributed by atoms with Crippen LogP contribution in [0, 0.1) is 0 Å². The summed E-state index contributed by atoms with van der Waals surface area (Å²) < 4.78 is 0. The van der Waals surface area contributed by atoms with Crippen molar-refractivity contribution in [2.75, 3.05) is 0 Å². The maximum atomic E-state index is 10.2. The molecule has 0 heterocycles. The minimum absolute atomic E-state index is 0.0873. The Morgan fingerprint density at radius 1 is 1.18 bits per heavy atom. The molecule has 0 fully saturated rings. The van der Waals surface area contributed by atoms with Crippen molar-refractivity contribution < 1.29 is 5.11 Å². The van der Waals surface area contributed by atoms with E-state index in [1.807, 2.05) is 37.3 Å². The van der Waals surface area contributed by atoms with Crippen LogP contribution < -0.4 is 5.32 Å². The largest absolute Gasteiger partial charge is 0.387 e. The van der Waals surface area contributed by atoms with Gasteiger partial charge in [0.2, 0.25) is 0 Å². The van der Waals surface area contributed by atoms with Gasteiger partial charge in [-0.25, -0.2) is 0 Å². The van der Waals surface area contributed by atoms with E-state index in [4.69, 9.17) is 0 Å². The van der Waals surface area contributed by atoms with E-state index in [1.165, 1.54) is 19.3 Å². The van der Waals surface area contributed by atoms with Crippen LogP contribution in [0.15, 0.2) is 30.3 Å². The van der Waals surface area contributed by atoms with Crippen molar-refractivity contribution in [2.45, 2.75) is 58.2 Å². The Morgan fingerprint density at radius 3 is 2.41 bits per heavy atom. The van der Waals surface area contributed by atoms with Crippen LogP contribution >= 0.6 is 0 Å². The lowest BCUT2D eigenvalue weighted by molar-refractivity contribution is 0.129. The maximum absolute atomic E-state index is 10.2. The van der Waals surface area contributed by atoms with Gasteiger partial charge in [0.05, 0.1) is 6.10 Å². The average molecular weight is 235 g/mol. The van der Waals surface area contributed by atoms with Gasteiger partial charge in [-0.1, -0.05) is 50.1 Å². The normalized spacial score (nSPS) is 16.5. The quantitative estimate of drug-likeness (QED) is 0.760. The van der Waals surface area contributed by atoms with Gasteiger partial charge in [0, 0.05) is 12.1 Å². The van der Waals surface area contributed by atoms with E-state index in [9.17, 15) is 5.11 Å². The summed E-state index contributed by atoms with van der Waals surface area (Å²) in [5, 5.41) is 13.7. The van der Waals surface area contributed by atoms with E-state index < -0.39 is 6.10 Å². The third-order valence-corrected chi connectivity index (χ3v) is 3.15. The molecule has 3 atom stereocenters. The maximum Gasteiger partial charge on any atom is 0.0940 e. The van der Waals surface area contributed by atoms with Gasteiger partial charge in [-0.05, 0) is 25.8 Å². The number of hydrogen-bond donors (Lipinski definition) is 2. The molecule has 2 heteroatoms. The molecule has 1 rings (SSSR count). The Bertz CT molecular complexity index is 299. The Labute approximate surface area is 105 Å². The highest BCUT2D eigenvalue weighted by Gasteiger charge is 2.17. The Morgan fingerprint density at radius 2 is 1.82 bits per heavy atom. The summed E-state index contributed by atoms with van der Waals surface area (Å²) >= 11 is 0. The smallest absolute Gasteiger partial charge is 0.0940 e. The molecule has 0 aromatic heterocycles. The van der Waals surface area contributed by atoms with E-state index >= 15 is 0 Å².